The van der Waals surface area contributed by atoms with Gasteiger partial charge in [-0.1, -0.05) is 60.7 Å². The smallest absolute Gasteiger partial charge is 0.400 e. The first-order valence-electron chi connectivity index (χ1n) is 12.4. The normalized spacial score (nSPS) is 15.1. The van der Waals surface area contributed by atoms with Gasteiger partial charge >= 0.3 is 27.3 Å². The van der Waals surface area contributed by atoms with Crippen LogP contribution < -0.4 is 10.6 Å². The number of benzene rings is 2. The fraction of sp³-hybridized carbons (Fsp3) is 0.520. The molecule has 0 saturated carbocycles. The van der Waals surface area contributed by atoms with Gasteiger partial charge in [-0.05, 0) is 50.1 Å². The van der Waals surface area contributed by atoms with Gasteiger partial charge in [0.2, 0.25) is 0 Å². The fourth-order valence-electron chi connectivity index (χ4n) is 3.80. The van der Waals surface area contributed by atoms with Crippen molar-refractivity contribution in [3.8, 4) is 0 Å². The van der Waals surface area contributed by atoms with Gasteiger partial charge < -0.3 is 46.4 Å². The average molecular weight is 649 g/mol. The Morgan fingerprint density at radius 2 is 0.949 bits per heavy atom. The summed E-state index contributed by atoms with van der Waals surface area (Å²) in [5, 5.41) is 43.8. The minimum absolute atomic E-state index is 0. The Morgan fingerprint density at radius 1 is 0.641 bits per heavy atom. The van der Waals surface area contributed by atoms with E-state index in [9.17, 15) is 0 Å². The first-order chi connectivity index (χ1) is 18.4. The Bertz CT molecular complexity index is 747. The summed E-state index contributed by atoms with van der Waals surface area (Å²) in [6.45, 7) is 11.0. The average Bonchev–Trinajstić information content (AvgIpc) is 2.89. The van der Waals surface area contributed by atoms with E-state index in [1.165, 1.54) is 24.0 Å². The maximum absolute atomic E-state index is 8.25. The van der Waals surface area contributed by atoms with Crippen molar-refractivity contribution in [1.29, 1.82) is 0 Å². The van der Waals surface area contributed by atoms with Crippen molar-refractivity contribution in [1.82, 2.24) is 20.4 Å². The second kappa shape index (κ2) is 27.1. The SMILES string of the molecule is CO.O=[N+]([O-])[O-].O=[N+]([O-])[O-].[Cd+2].c1ccc(CN2CCCNCCN(Cc3ccccc3)CCCNCC2)cc1. The van der Waals surface area contributed by atoms with Gasteiger partial charge in [0.05, 0.1) is 10.2 Å². The molecule has 14 heteroatoms. The van der Waals surface area contributed by atoms with E-state index in [0.29, 0.717) is 0 Å². The number of hydrogen-bond donors (Lipinski definition) is 3. The Hall–Kier alpha value is -2.44. The molecule has 214 valence electrons. The van der Waals surface area contributed by atoms with Crippen LogP contribution in [0.1, 0.15) is 24.0 Å². The van der Waals surface area contributed by atoms with Crippen molar-refractivity contribution in [3.05, 3.63) is 102 Å². The quantitative estimate of drug-likeness (QED) is 0.251. The third kappa shape index (κ3) is 25.6. The summed E-state index contributed by atoms with van der Waals surface area (Å²) in [5.74, 6) is 0. The number of nitrogens with one attached hydrogen (secondary N) is 2. The van der Waals surface area contributed by atoms with Crippen molar-refractivity contribution >= 4 is 0 Å². The van der Waals surface area contributed by atoms with Crippen molar-refractivity contribution in [2.75, 3.05) is 59.5 Å². The minimum atomic E-state index is -1.75. The third-order valence-corrected chi connectivity index (χ3v) is 5.36. The molecule has 0 unspecified atom stereocenters. The van der Waals surface area contributed by atoms with Crippen molar-refractivity contribution in [3.63, 3.8) is 0 Å². The monoisotopic (exact) mass is 650 g/mol. The molecule has 1 aliphatic heterocycles. The maximum Gasteiger partial charge on any atom is 2.00 e. The first kappa shape index (κ1) is 38.7. The van der Waals surface area contributed by atoms with Crippen molar-refractivity contribution in [2.24, 2.45) is 0 Å². The summed E-state index contributed by atoms with van der Waals surface area (Å²) in [4.78, 5) is 21.7. The molecule has 0 amide bonds. The molecule has 13 nitrogen and oxygen atoms in total. The number of nitrogens with zero attached hydrogens (tertiary/aromatic N) is 4. The van der Waals surface area contributed by atoms with Gasteiger partial charge in [-0.15, -0.1) is 0 Å². The predicted octanol–water partition coefficient (Wildman–Crippen LogP) is 2.09. The van der Waals surface area contributed by atoms with Crippen LogP contribution in [-0.2, 0) is 40.4 Å². The van der Waals surface area contributed by atoms with E-state index < -0.39 is 10.2 Å². The van der Waals surface area contributed by atoms with Crippen LogP contribution in [0.3, 0.4) is 0 Å². The van der Waals surface area contributed by atoms with Gasteiger partial charge in [0.25, 0.3) is 0 Å². The van der Waals surface area contributed by atoms with Crippen LogP contribution in [0.25, 0.3) is 0 Å². The van der Waals surface area contributed by atoms with Crippen LogP contribution in [0.5, 0.6) is 0 Å². The van der Waals surface area contributed by atoms with Crippen LogP contribution in [0.4, 0.5) is 0 Å². The molecule has 0 bridgehead atoms. The van der Waals surface area contributed by atoms with E-state index in [-0.39, 0.29) is 27.3 Å². The van der Waals surface area contributed by atoms with E-state index in [1.807, 2.05) is 0 Å². The van der Waals surface area contributed by atoms with Gasteiger partial charge in [0, 0.05) is 46.4 Å². The van der Waals surface area contributed by atoms with E-state index in [0.717, 1.165) is 72.6 Å². The summed E-state index contributed by atoms with van der Waals surface area (Å²) < 4.78 is 0. The molecule has 2 aromatic carbocycles. The molecule has 1 heterocycles. The summed E-state index contributed by atoms with van der Waals surface area (Å²) in [7, 11) is 1.00. The topological polar surface area (TPSA) is 183 Å². The summed E-state index contributed by atoms with van der Waals surface area (Å²) in [6, 6.07) is 21.7. The molecule has 0 aromatic heterocycles. The standard InChI is InChI=1S/C24H36N4.CH4O.Cd.2NO3/c1-3-9-23(10-4-1)21-27-17-7-13-26-16-20-28(18-8-14-25-15-19-27)22-24-11-5-2-6-12-24;1-2;;2*2-1(3)4/h1-6,9-12,25-26H,7-8,13-22H2;2H,1H3;;;/q;;+2;2*-1. The molecule has 1 aliphatic rings. The van der Waals surface area contributed by atoms with Crippen LogP contribution >= 0.6 is 0 Å². The second-order valence-corrected chi connectivity index (χ2v) is 8.18. The number of aliphatic hydroxyl groups is 1. The third-order valence-electron chi connectivity index (χ3n) is 5.36. The Kier molecular flexibility index (Phi) is 26.9. The summed E-state index contributed by atoms with van der Waals surface area (Å²) in [5.41, 5.74) is 2.82. The molecular weight excluding hydrogens is 609 g/mol. The fourth-order valence-corrected chi connectivity index (χ4v) is 3.80. The van der Waals surface area contributed by atoms with E-state index >= 15 is 0 Å². The molecule has 0 radical (unpaired) electrons. The molecular formula is C25H40CdN6O7. The Morgan fingerprint density at radius 3 is 1.26 bits per heavy atom. The predicted molar refractivity (Wildman–Crippen MR) is 147 cm³/mol. The minimum Gasteiger partial charge on any atom is -0.400 e. The van der Waals surface area contributed by atoms with Gasteiger partial charge in [0.15, 0.2) is 0 Å². The molecule has 0 atom stereocenters. The number of rotatable bonds is 4. The zero-order chi connectivity index (χ0) is 28.4. The van der Waals surface area contributed by atoms with E-state index in [4.69, 9.17) is 35.7 Å². The number of aliphatic hydroxyl groups excluding tert-OH is 1. The van der Waals surface area contributed by atoms with Gasteiger partial charge in [-0.3, -0.25) is 9.80 Å². The van der Waals surface area contributed by atoms with Gasteiger partial charge in [-0.2, -0.15) is 0 Å². The van der Waals surface area contributed by atoms with Crippen molar-refractivity contribution in [2.45, 2.75) is 25.9 Å². The molecule has 1 fully saturated rings. The zero-order valence-electron chi connectivity index (χ0n) is 22.7. The van der Waals surface area contributed by atoms with Gasteiger partial charge in [-0.25, -0.2) is 0 Å². The molecule has 0 aliphatic carbocycles. The molecule has 39 heavy (non-hydrogen) atoms. The van der Waals surface area contributed by atoms with Crippen LogP contribution in [0, 0.1) is 30.6 Å². The van der Waals surface area contributed by atoms with Gasteiger partial charge in [0.1, 0.15) is 0 Å². The maximum atomic E-state index is 8.25. The number of hydrogen-bond acceptors (Lipinski definition) is 11. The Balaban J connectivity index is 0. The van der Waals surface area contributed by atoms with Crippen LogP contribution in [0.15, 0.2) is 60.7 Å². The molecule has 3 N–H and O–H groups in total. The van der Waals surface area contributed by atoms with E-state index in [2.05, 4.69) is 81.1 Å². The van der Waals surface area contributed by atoms with E-state index in [1.54, 1.807) is 0 Å². The summed E-state index contributed by atoms with van der Waals surface area (Å²) >= 11 is 0. The molecule has 3 rings (SSSR count). The van der Waals surface area contributed by atoms with Crippen LogP contribution in [0.2, 0.25) is 0 Å². The van der Waals surface area contributed by atoms with Crippen molar-refractivity contribution < 1.29 is 42.6 Å². The molecule has 1 saturated heterocycles. The molecule has 2 aromatic rings. The summed E-state index contributed by atoms with van der Waals surface area (Å²) in [6.07, 6.45) is 2.40. The first-order valence-corrected chi connectivity index (χ1v) is 12.4. The van der Waals surface area contributed by atoms with Crippen LogP contribution in [-0.4, -0.2) is 84.5 Å². The largest absolute Gasteiger partial charge is 2.00 e. The second-order valence-electron chi connectivity index (χ2n) is 8.18. The molecule has 0 spiro atoms. The Labute approximate surface area is 250 Å². The zero-order valence-corrected chi connectivity index (χ0v) is 26.7.